The monoisotopic (exact) mass is 418 g/mol. The third kappa shape index (κ3) is 5.52. The number of guanidine groups is 1. The minimum Gasteiger partial charge on any atom is -0.493 e. The van der Waals surface area contributed by atoms with Crippen molar-refractivity contribution in [1.82, 2.24) is 5.32 Å². The van der Waals surface area contributed by atoms with Gasteiger partial charge in [-0.15, -0.1) is 0 Å². The van der Waals surface area contributed by atoms with Gasteiger partial charge < -0.3 is 25.4 Å². The molecule has 6 nitrogen and oxygen atoms in total. The van der Waals surface area contributed by atoms with Crippen molar-refractivity contribution in [2.75, 3.05) is 45.3 Å². The van der Waals surface area contributed by atoms with Crippen molar-refractivity contribution in [3.8, 4) is 11.5 Å². The molecule has 1 aliphatic rings. The van der Waals surface area contributed by atoms with Gasteiger partial charge in [0.05, 0.1) is 14.2 Å². The summed E-state index contributed by atoms with van der Waals surface area (Å²) < 4.78 is 37.1. The van der Waals surface area contributed by atoms with Crippen molar-refractivity contribution in [3.63, 3.8) is 0 Å². The van der Waals surface area contributed by atoms with Crippen LogP contribution in [0.2, 0.25) is 0 Å². The molecule has 1 saturated heterocycles. The third-order valence-electron chi connectivity index (χ3n) is 5.24. The fourth-order valence-corrected chi connectivity index (χ4v) is 3.55. The number of rotatable bonds is 8. The Bertz CT molecular complexity index is 891. The molecule has 1 atom stereocenters. The highest BCUT2D eigenvalue weighted by Gasteiger charge is 2.23. The Balaban J connectivity index is 1.44. The molecule has 0 amide bonds. The highest BCUT2D eigenvalue weighted by Crippen LogP contribution is 2.28. The molecule has 2 aromatic carbocycles. The minimum atomic E-state index is -0.828. The van der Waals surface area contributed by atoms with Crippen molar-refractivity contribution in [1.29, 1.82) is 0 Å². The molecule has 1 heterocycles. The van der Waals surface area contributed by atoms with E-state index in [1.165, 1.54) is 6.07 Å². The Morgan fingerprint density at radius 1 is 1.13 bits per heavy atom. The van der Waals surface area contributed by atoms with Crippen LogP contribution in [-0.4, -0.2) is 46.4 Å². The lowest BCUT2D eigenvalue weighted by atomic mass is 10.1. The van der Waals surface area contributed by atoms with E-state index in [0.29, 0.717) is 42.2 Å². The summed E-state index contributed by atoms with van der Waals surface area (Å²) in [6.07, 6.45) is 1.70. The molecule has 2 aromatic rings. The first-order chi connectivity index (χ1) is 14.5. The first-order valence-corrected chi connectivity index (χ1v) is 9.95. The molecule has 0 bridgehead atoms. The van der Waals surface area contributed by atoms with Gasteiger partial charge in [-0.05, 0) is 48.6 Å². The van der Waals surface area contributed by atoms with Crippen molar-refractivity contribution >= 4 is 11.6 Å². The Morgan fingerprint density at radius 3 is 2.67 bits per heavy atom. The van der Waals surface area contributed by atoms with E-state index in [2.05, 4.69) is 10.3 Å². The summed E-state index contributed by atoms with van der Waals surface area (Å²) in [6.45, 7) is 2.78. The van der Waals surface area contributed by atoms with Gasteiger partial charge >= 0.3 is 0 Å². The number of halogens is 2. The number of aliphatic imine (C=N–C) groups is 1. The second-order valence-electron chi connectivity index (χ2n) is 7.29. The highest BCUT2D eigenvalue weighted by molar-refractivity contribution is 5.77. The van der Waals surface area contributed by atoms with Gasteiger partial charge in [0.1, 0.15) is 0 Å². The van der Waals surface area contributed by atoms with Crippen molar-refractivity contribution in [2.45, 2.75) is 12.8 Å². The van der Waals surface area contributed by atoms with Crippen molar-refractivity contribution < 1.29 is 18.3 Å². The largest absolute Gasteiger partial charge is 0.493 e. The average Bonchev–Trinajstić information content (AvgIpc) is 3.23. The van der Waals surface area contributed by atoms with Crippen molar-refractivity contribution in [3.05, 3.63) is 53.6 Å². The van der Waals surface area contributed by atoms with E-state index in [1.54, 1.807) is 20.3 Å². The molecule has 1 aliphatic heterocycles. The lowest BCUT2D eigenvalue weighted by Crippen LogP contribution is -2.34. The number of nitrogens with two attached hydrogens (primary N) is 1. The van der Waals surface area contributed by atoms with Gasteiger partial charge in [-0.2, -0.15) is 0 Å². The van der Waals surface area contributed by atoms with Crippen molar-refractivity contribution in [2.24, 2.45) is 16.6 Å². The van der Waals surface area contributed by atoms with Crippen LogP contribution in [0.25, 0.3) is 0 Å². The Labute approximate surface area is 175 Å². The van der Waals surface area contributed by atoms with Gasteiger partial charge in [0.15, 0.2) is 29.1 Å². The summed E-state index contributed by atoms with van der Waals surface area (Å²) in [5.41, 5.74) is 7.79. The smallest absolute Gasteiger partial charge is 0.188 e. The lowest BCUT2D eigenvalue weighted by Gasteiger charge is -2.18. The van der Waals surface area contributed by atoms with Crippen LogP contribution in [0.3, 0.4) is 0 Å². The van der Waals surface area contributed by atoms with Gasteiger partial charge in [-0.3, -0.25) is 4.99 Å². The number of anilines is 1. The van der Waals surface area contributed by atoms with E-state index in [9.17, 15) is 8.78 Å². The van der Waals surface area contributed by atoms with E-state index < -0.39 is 11.6 Å². The molecule has 0 spiro atoms. The molecule has 0 saturated carbocycles. The summed E-state index contributed by atoms with van der Waals surface area (Å²) in [4.78, 5) is 6.48. The Kier molecular flexibility index (Phi) is 7.32. The summed E-state index contributed by atoms with van der Waals surface area (Å²) >= 11 is 0. The maximum atomic E-state index is 13.4. The zero-order valence-corrected chi connectivity index (χ0v) is 17.3. The molecule has 1 unspecified atom stereocenters. The number of ether oxygens (including phenoxy) is 2. The van der Waals surface area contributed by atoms with E-state index in [0.717, 1.165) is 37.6 Å². The van der Waals surface area contributed by atoms with Gasteiger partial charge in [0.25, 0.3) is 0 Å². The molecule has 0 aromatic heterocycles. The zero-order valence-electron chi connectivity index (χ0n) is 17.3. The normalized spacial score (nSPS) is 16.6. The standard InChI is InChI=1S/C22H28F2N4O2/c1-29-20-6-3-15(11-21(20)30-2)7-9-26-22(25)27-13-16-8-10-28(14-16)17-4-5-18(23)19(24)12-17/h3-6,11-12,16H,7-10,13-14H2,1-2H3,(H3,25,26,27). The van der Waals surface area contributed by atoms with Crippen LogP contribution in [-0.2, 0) is 6.42 Å². The van der Waals surface area contributed by atoms with E-state index in [-0.39, 0.29) is 0 Å². The molecule has 3 N–H and O–H groups in total. The van der Waals surface area contributed by atoms with Gasteiger partial charge in [-0.25, -0.2) is 8.78 Å². The van der Waals surface area contributed by atoms with Crippen LogP contribution in [0.15, 0.2) is 41.4 Å². The second-order valence-corrected chi connectivity index (χ2v) is 7.29. The van der Waals surface area contributed by atoms with Crippen LogP contribution < -0.4 is 25.4 Å². The maximum absolute atomic E-state index is 13.4. The van der Waals surface area contributed by atoms with Crippen LogP contribution in [0, 0.1) is 17.6 Å². The number of benzene rings is 2. The quantitative estimate of drug-likeness (QED) is 0.510. The molecule has 162 valence electrons. The summed E-state index contributed by atoms with van der Waals surface area (Å²) in [6, 6.07) is 9.82. The number of hydrogen-bond donors (Lipinski definition) is 2. The SMILES string of the molecule is COc1ccc(CCNC(N)=NCC2CCN(c3ccc(F)c(F)c3)C2)cc1OC. The summed E-state index contributed by atoms with van der Waals surface area (Å²) in [7, 11) is 3.22. The molecule has 8 heteroatoms. The van der Waals surface area contributed by atoms with Crippen LogP contribution in [0.4, 0.5) is 14.5 Å². The second kappa shape index (κ2) is 10.1. The van der Waals surface area contributed by atoms with Gasteiger partial charge in [0, 0.05) is 37.9 Å². The highest BCUT2D eigenvalue weighted by atomic mass is 19.2. The average molecular weight is 418 g/mol. The fraction of sp³-hybridized carbons (Fsp3) is 0.409. The van der Waals surface area contributed by atoms with Crippen LogP contribution >= 0.6 is 0 Å². The molecule has 30 heavy (non-hydrogen) atoms. The molecular weight excluding hydrogens is 390 g/mol. The topological polar surface area (TPSA) is 72.1 Å². The third-order valence-corrected chi connectivity index (χ3v) is 5.24. The molecule has 0 radical (unpaired) electrons. The number of hydrogen-bond acceptors (Lipinski definition) is 4. The maximum Gasteiger partial charge on any atom is 0.188 e. The van der Waals surface area contributed by atoms with Crippen LogP contribution in [0.5, 0.6) is 11.5 Å². The molecule has 1 fully saturated rings. The fourth-order valence-electron chi connectivity index (χ4n) is 3.55. The summed E-state index contributed by atoms with van der Waals surface area (Å²) in [5.74, 6) is 0.474. The lowest BCUT2D eigenvalue weighted by molar-refractivity contribution is 0.354. The van der Waals surface area contributed by atoms with E-state index in [4.69, 9.17) is 15.2 Å². The molecular formula is C22H28F2N4O2. The van der Waals surface area contributed by atoms with E-state index >= 15 is 0 Å². The van der Waals surface area contributed by atoms with Crippen LogP contribution in [0.1, 0.15) is 12.0 Å². The molecule has 0 aliphatic carbocycles. The Hall–Kier alpha value is -3.03. The number of nitrogens with zero attached hydrogens (tertiary/aromatic N) is 2. The van der Waals surface area contributed by atoms with Gasteiger partial charge in [0.2, 0.25) is 0 Å². The predicted molar refractivity (Wildman–Crippen MR) is 114 cm³/mol. The molecule has 3 rings (SSSR count). The number of methoxy groups -OCH3 is 2. The first kappa shape index (κ1) is 21.7. The van der Waals surface area contributed by atoms with Gasteiger partial charge in [-0.1, -0.05) is 6.07 Å². The number of nitrogens with one attached hydrogen (secondary N) is 1. The first-order valence-electron chi connectivity index (χ1n) is 9.95. The van der Waals surface area contributed by atoms with E-state index in [1.807, 2.05) is 23.1 Å². The minimum absolute atomic E-state index is 0.323. The summed E-state index contributed by atoms with van der Waals surface area (Å²) in [5, 5.41) is 3.13. The zero-order chi connectivity index (χ0) is 21.5. The predicted octanol–water partition coefficient (Wildman–Crippen LogP) is 2.96. The Morgan fingerprint density at radius 2 is 1.93 bits per heavy atom.